The molecule has 0 aromatic heterocycles. The van der Waals surface area contributed by atoms with E-state index in [1.807, 2.05) is 12.1 Å². The predicted molar refractivity (Wildman–Crippen MR) is 281 cm³/mol. The molecule has 18 N–H and O–H groups in total. The minimum Gasteiger partial charge on any atom is -0.394 e. The first kappa shape index (κ1) is 67.0. The summed E-state index contributed by atoms with van der Waals surface area (Å²) < 4.78 is 75.3. The Morgan fingerprint density at radius 1 is 0.375 bits per heavy atom. The van der Waals surface area contributed by atoms with Crippen LogP contribution in [0.5, 0.6) is 0 Å². The highest BCUT2D eigenvalue weighted by molar-refractivity contribution is 5.94. The lowest BCUT2D eigenvalue weighted by Gasteiger charge is -2.50. The van der Waals surface area contributed by atoms with Crippen molar-refractivity contribution in [1.29, 1.82) is 0 Å². The zero-order valence-electron chi connectivity index (χ0n) is 46.7. The summed E-state index contributed by atoms with van der Waals surface area (Å²) in [5.41, 5.74) is 2.00. The molecule has 25 rings (SSSR count). The average Bonchev–Trinajstić information content (AvgIpc) is 1.16. The van der Waals surface area contributed by atoms with Crippen LogP contribution in [-0.4, -0.2) is 343 Å². The number of hydrogen-bond acceptors (Lipinski definition) is 34. The lowest BCUT2D eigenvalue weighted by atomic mass is 9.94. The van der Waals surface area contributed by atoms with Crippen molar-refractivity contribution in [2.45, 2.75) is 184 Å². The van der Waals surface area contributed by atoms with E-state index in [0.717, 1.165) is 18.8 Å². The molecule has 0 aliphatic carbocycles. The Labute approximate surface area is 499 Å². The summed E-state index contributed by atoms with van der Waals surface area (Å²) in [5, 5.41) is 202. The van der Waals surface area contributed by atoms with E-state index in [4.69, 9.17) is 61.6 Å². The van der Waals surface area contributed by atoms with E-state index in [2.05, 4.69) is 20.4 Å². The Hall–Kier alpha value is -3.89. The number of azo groups is 1. The van der Waals surface area contributed by atoms with Crippen molar-refractivity contribution in [3.05, 3.63) is 54.1 Å². The van der Waals surface area contributed by atoms with Gasteiger partial charge in [-0.1, -0.05) is 0 Å². The summed E-state index contributed by atoms with van der Waals surface area (Å²) in [5.74, 6) is -0.750. The van der Waals surface area contributed by atoms with Gasteiger partial charge in [-0.15, -0.1) is 0 Å². The fourth-order valence-corrected chi connectivity index (χ4v) is 11.6. The van der Waals surface area contributed by atoms with Gasteiger partial charge in [0, 0.05) is 30.9 Å². The fourth-order valence-electron chi connectivity index (χ4n) is 11.6. The number of nitrogens with zero attached hydrogens (tertiary/aromatic N) is 3. The molecule has 23 fully saturated rings. The van der Waals surface area contributed by atoms with Crippen molar-refractivity contribution in [3.8, 4) is 0 Å². The summed E-state index contributed by atoms with van der Waals surface area (Å²) in [7, 11) is 0. The summed E-state index contributed by atoms with van der Waals surface area (Å²) in [6, 6.07) is 13.3. The molecule has 30 unspecified atom stereocenters. The molecule has 2 aromatic carbocycles. The molecule has 0 radical (unpaired) electrons. The predicted octanol–water partition coefficient (Wildman–Crippen LogP) is -9.37. The van der Waals surface area contributed by atoms with Crippen LogP contribution < -0.4 is 10.2 Å². The van der Waals surface area contributed by atoms with Crippen molar-refractivity contribution in [1.82, 2.24) is 5.32 Å². The maximum atomic E-state index is 13.8. The van der Waals surface area contributed by atoms with E-state index in [-0.39, 0.29) is 5.56 Å². The number of ether oxygens (including phenoxy) is 13. The number of hydrogen-bond donors (Lipinski definition) is 18. The number of carbonyl (C=O) groups excluding carboxylic acids is 1. The first-order chi connectivity index (χ1) is 42.3. The number of benzene rings is 2. The summed E-state index contributed by atoms with van der Waals surface area (Å²) in [4.78, 5) is 16.0. The molecule has 23 heterocycles. The van der Waals surface area contributed by atoms with Crippen LogP contribution in [0.25, 0.3) is 0 Å². The van der Waals surface area contributed by atoms with Crippen LogP contribution >= 0.6 is 0 Å². The minimum atomic E-state index is -2.23. The van der Waals surface area contributed by atoms with Crippen molar-refractivity contribution < 1.29 is 153 Å². The van der Waals surface area contributed by atoms with Gasteiger partial charge in [-0.3, -0.25) is 4.79 Å². The van der Waals surface area contributed by atoms with Crippen molar-refractivity contribution >= 4 is 23.0 Å². The smallest absolute Gasteiger partial charge is 0.251 e. The maximum Gasteiger partial charge on any atom is 0.251 e. The van der Waals surface area contributed by atoms with Gasteiger partial charge in [-0.05, 0) is 48.5 Å². The Balaban J connectivity index is 0.909. The van der Waals surface area contributed by atoms with Crippen molar-refractivity contribution in [2.75, 3.05) is 70.8 Å². The largest absolute Gasteiger partial charge is 0.394 e. The second kappa shape index (κ2) is 29.4. The highest BCUT2D eigenvalue weighted by atomic mass is 16.8. The van der Waals surface area contributed by atoms with E-state index in [0.29, 0.717) is 24.6 Å². The number of aliphatic hydroxyl groups excluding tert-OH is 17. The van der Waals surface area contributed by atoms with Gasteiger partial charge in [-0.2, -0.15) is 10.2 Å². The van der Waals surface area contributed by atoms with Gasteiger partial charge >= 0.3 is 0 Å². The molecule has 0 saturated carbocycles. The van der Waals surface area contributed by atoms with Gasteiger partial charge < -0.3 is 159 Å². The SMILES string of the molecule is O=C(NCC1OC2OC3C(CO)OC(OC4C(CO)OC(OC5C(CO)OC(OC6C(CO)OC(OC7C(CO)OC(OC1C(O)C2O)C(O)C7O)C(O)C6O)C(O)C5O)C(O)C4O)C(O)C3O)c1ccc(N=Nc2ccc(N3CCOCC3)cc2)cc1. The third-order valence-electron chi connectivity index (χ3n) is 16.6. The normalized spacial score (nSPS) is 45.5. The van der Waals surface area contributed by atoms with E-state index >= 15 is 0 Å². The van der Waals surface area contributed by atoms with Crippen LogP contribution in [-0.2, 0) is 61.6 Å². The first-order valence-corrected chi connectivity index (χ1v) is 28.6. The molecule has 30 atom stereocenters. The number of rotatable bonds is 11. The molecule has 1 amide bonds. The number of aliphatic hydroxyl groups is 17. The van der Waals surface area contributed by atoms with Gasteiger partial charge in [0.05, 0.1) is 57.6 Å². The van der Waals surface area contributed by atoms with Crippen LogP contribution in [0.4, 0.5) is 17.1 Å². The molecular weight excluding hydrogens is 1190 g/mol. The summed E-state index contributed by atoms with van der Waals surface area (Å²) in [6.07, 6.45) is -60.0. The Morgan fingerprint density at radius 3 is 0.920 bits per heavy atom. The van der Waals surface area contributed by atoms with E-state index < -0.39 is 230 Å². The van der Waals surface area contributed by atoms with E-state index in [9.17, 15) is 91.6 Å². The van der Waals surface area contributed by atoms with Crippen molar-refractivity contribution in [3.63, 3.8) is 0 Å². The standard InChI is InChI=1S/C53H76N4O31/c58-14-24-42-31(65)37(71)50(79-24)86-44-26(16-60)81-52(39(73)33(44)67)88-46-28(18-62)82-53(40(74)34(46)68)87-45-27(17-61)80-51(38(72)32(45)66)85-43-25(15-59)78-49(36(70)30(43)64)83-41-23(77-48(84-42)35(69)29(41)63)13-54-47(75)19-1-3-20(4-2-19)55-56-21-5-7-22(8-6-21)57-9-11-76-12-10-57/h1-8,23-46,48-53,58-74H,9-18H2,(H,54,75). The molecular formula is C53H76N4O31. The van der Waals surface area contributed by atoms with E-state index in [1.54, 1.807) is 12.1 Å². The Morgan fingerprint density at radius 2 is 0.636 bits per heavy atom. The van der Waals surface area contributed by atoms with Crippen LogP contribution in [0.1, 0.15) is 10.4 Å². The zero-order chi connectivity index (χ0) is 62.8. The number of carbonyl (C=O) groups is 1. The number of morpholine rings is 1. The monoisotopic (exact) mass is 1260 g/mol. The molecule has 23 aliphatic rings. The Bertz CT molecular complexity index is 2550. The topological polar surface area (TPSA) is 521 Å². The Kier molecular flexibility index (Phi) is 22.4. The molecule has 12 bridgehead atoms. The van der Waals surface area contributed by atoms with Gasteiger partial charge in [0.2, 0.25) is 0 Å². The number of anilines is 1. The highest BCUT2D eigenvalue weighted by Gasteiger charge is 2.59. The number of nitrogens with one attached hydrogen (secondary N) is 1. The summed E-state index contributed by atoms with van der Waals surface area (Å²) in [6.45, 7) is -3.04. The first-order valence-electron chi connectivity index (χ1n) is 28.6. The second-order valence-corrected chi connectivity index (χ2v) is 22.2. The van der Waals surface area contributed by atoms with Gasteiger partial charge in [0.15, 0.2) is 37.7 Å². The van der Waals surface area contributed by atoms with Crippen LogP contribution in [0.15, 0.2) is 58.8 Å². The van der Waals surface area contributed by atoms with Crippen LogP contribution in [0.3, 0.4) is 0 Å². The zero-order valence-corrected chi connectivity index (χ0v) is 46.7. The molecule has 23 saturated heterocycles. The van der Waals surface area contributed by atoms with Gasteiger partial charge in [0.25, 0.3) is 5.91 Å². The van der Waals surface area contributed by atoms with E-state index in [1.165, 1.54) is 24.3 Å². The third-order valence-corrected chi connectivity index (χ3v) is 16.6. The highest BCUT2D eigenvalue weighted by Crippen LogP contribution is 2.38. The molecule has 2 aromatic rings. The number of amides is 1. The second-order valence-electron chi connectivity index (χ2n) is 22.2. The summed E-state index contributed by atoms with van der Waals surface area (Å²) >= 11 is 0. The average molecular weight is 1270 g/mol. The molecule has 35 nitrogen and oxygen atoms in total. The van der Waals surface area contributed by atoms with Gasteiger partial charge in [0.1, 0.15) is 146 Å². The molecule has 88 heavy (non-hydrogen) atoms. The molecule has 35 heteroatoms. The molecule has 494 valence electrons. The van der Waals surface area contributed by atoms with Crippen LogP contribution in [0, 0.1) is 0 Å². The third kappa shape index (κ3) is 14.0. The molecule has 0 spiro atoms. The lowest BCUT2D eigenvalue weighted by Crippen LogP contribution is -2.69. The van der Waals surface area contributed by atoms with Gasteiger partial charge in [-0.25, -0.2) is 0 Å². The van der Waals surface area contributed by atoms with Crippen LogP contribution in [0.2, 0.25) is 0 Å². The van der Waals surface area contributed by atoms with Crippen molar-refractivity contribution in [2.24, 2.45) is 10.2 Å². The molecule has 23 aliphatic heterocycles. The quantitative estimate of drug-likeness (QED) is 0.0929. The minimum absolute atomic E-state index is 0.0683. The maximum absolute atomic E-state index is 13.8. The fraction of sp³-hybridized carbons (Fsp3) is 0.755. The lowest BCUT2D eigenvalue weighted by molar-refractivity contribution is -0.403.